The first kappa shape index (κ1) is 16.1. The molecule has 0 amide bonds. The van der Waals surface area contributed by atoms with E-state index in [1.807, 2.05) is 24.3 Å². The van der Waals surface area contributed by atoms with Gasteiger partial charge >= 0.3 is 0 Å². The van der Waals surface area contributed by atoms with Crippen LogP contribution in [0.2, 0.25) is 0 Å². The van der Waals surface area contributed by atoms with Gasteiger partial charge in [0.05, 0.1) is 17.7 Å². The number of hydrogen-bond donors (Lipinski definition) is 0. The monoisotopic (exact) mass is 367 g/mol. The van der Waals surface area contributed by atoms with Gasteiger partial charge in [0.25, 0.3) is 0 Å². The second-order valence-electron chi connectivity index (χ2n) is 5.64. The van der Waals surface area contributed by atoms with Crippen LogP contribution in [0.5, 0.6) is 11.5 Å². The zero-order chi connectivity index (χ0) is 17.2. The Kier molecular flexibility index (Phi) is 4.42. The molecule has 2 heterocycles. The van der Waals surface area contributed by atoms with E-state index < -0.39 is 0 Å². The minimum atomic E-state index is 0.473. The lowest BCUT2D eigenvalue weighted by molar-refractivity contribution is 0.305. The first-order chi connectivity index (χ1) is 12.2. The summed E-state index contributed by atoms with van der Waals surface area (Å²) in [6.07, 6.45) is 0. The van der Waals surface area contributed by atoms with Gasteiger partial charge < -0.3 is 9.47 Å². The number of rotatable bonds is 5. The molecule has 0 saturated heterocycles. The van der Waals surface area contributed by atoms with Crippen LogP contribution in [0, 0.1) is 6.92 Å². The molecular formula is C20H17NO2S2. The second-order valence-corrected chi connectivity index (χ2v) is 7.64. The zero-order valence-corrected chi connectivity index (χ0v) is 15.6. The molecule has 0 aliphatic carbocycles. The summed E-state index contributed by atoms with van der Waals surface area (Å²) in [7, 11) is 1.66. The molecule has 5 heteroatoms. The van der Waals surface area contributed by atoms with E-state index in [4.69, 9.17) is 14.5 Å². The molecule has 0 atom stereocenters. The highest BCUT2D eigenvalue weighted by molar-refractivity contribution is 7.22. The SMILES string of the molecule is COc1ccc(OCc2nc(-c3sc4ccccc4c3C)cs2)cc1. The van der Waals surface area contributed by atoms with Crippen molar-refractivity contribution in [3.8, 4) is 22.1 Å². The highest BCUT2D eigenvalue weighted by atomic mass is 32.1. The van der Waals surface area contributed by atoms with Gasteiger partial charge in [-0.2, -0.15) is 0 Å². The average molecular weight is 367 g/mol. The number of thiophene rings is 1. The average Bonchev–Trinajstić information content (AvgIpc) is 3.25. The number of benzene rings is 2. The van der Waals surface area contributed by atoms with Crippen LogP contribution in [-0.2, 0) is 6.61 Å². The quantitative estimate of drug-likeness (QED) is 0.439. The summed E-state index contributed by atoms with van der Waals surface area (Å²) in [6, 6.07) is 16.1. The standard InChI is InChI=1S/C20H17NO2S2/c1-13-16-5-3-4-6-18(16)25-20(13)17-12-24-19(21-17)11-23-15-9-7-14(22-2)8-10-15/h3-10,12H,11H2,1-2H3. The summed E-state index contributed by atoms with van der Waals surface area (Å²) in [5.41, 5.74) is 2.34. The van der Waals surface area contributed by atoms with Gasteiger partial charge in [0.2, 0.25) is 0 Å². The maximum Gasteiger partial charge on any atom is 0.140 e. The van der Waals surface area contributed by atoms with Crippen molar-refractivity contribution in [3.05, 3.63) is 64.5 Å². The van der Waals surface area contributed by atoms with Crippen LogP contribution in [0.15, 0.2) is 53.9 Å². The molecule has 4 aromatic rings. The molecule has 0 radical (unpaired) electrons. The van der Waals surface area contributed by atoms with Crippen molar-refractivity contribution in [1.29, 1.82) is 0 Å². The molecule has 2 aromatic carbocycles. The lowest BCUT2D eigenvalue weighted by Gasteiger charge is -2.05. The van der Waals surface area contributed by atoms with Crippen molar-refractivity contribution in [2.24, 2.45) is 0 Å². The largest absolute Gasteiger partial charge is 0.497 e. The molecule has 2 aromatic heterocycles. The van der Waals surface area contributed by atoms with Gasteiger partial charge in [-0.05, 0) is 48.2 Å². The van der Waals surface area contributed by atoms with E-state index in [0.29, 0.717) is 6.61 Å². The van der Waals surface area contributed by atoms with Crippen LogP contribution in [0.1, 0.15) is 10.6 Å². The van der Waals surface area contributed by atoms with Crippen molar-refractivity contribution >= 4 is 32.8 Å². The Morgan fingerprint density at radius 3 is 2.52 bits per heavy atom. The van der Waals surface area contributed by atoms with Crippen LogP contribution in [0.3, 0.4) is 0 Å². The van der Waals surface area contributed by atoms with Crippen molar-refractivity contribution in [2.45, 2.75) is 13.5 Å². The van der Waals surface area contributed by atoms with E-state index in [-0.39, 0.29) is 0 Å². The normalized spacial score (nSPS) is 11.0. The van der Waals surface area contributed by atoms with Crippen LogP contribution in [0.4, 0.5) is 0 Å². The van der Waals surface area contributed by atoms with Crippen molar-refractivity contribution in [1.82, 2.24) is 4.98 Å². The van der Waals surface area contributed by atoms with E-state index in [9.17, 15) is 0 Å². The molecular weight excluding hydrogens is 350 g/mol. The summed E-state index contributed by atoms with van der Waals surface area (Å²) >= 11 is 3.43. The third-order valence-electron chi connectivity index (χ3n) is 4.05. The Morgan fingerprint density at radius 2 is 1.76 bits per heavy atom. The highest BCUT2D eigenvalue weighted by Crippen LogP contribution is 2.38. The van der Waals surface area contributed by atoms with E-state index in [2.05, 4.69) is 36.6 Å². The van der Waals surface area contributed by atoms with E-state index in [1.165, 1.54) is 20.5 Å². The zero-order valence-electron chi connectivity index (χ0n) is 14.0. The molecule has 0 bridgehead atoms. The fraction of sp³-hybridized carbons (Fsp3) is 0.150. The van der Waals surface area contributed by atoms with E-state index in [0.717, 1.165) is 22.2 Å². The van der Waals surface area contributed by atoms with E-state index in [1.54, 1.807) is 29.8 Å². The minimum Gasteiger partial charge on any atom is -0.497 e. The number of thiazole rings is 1. The third kappa shape index (κ3) is 3.25. The Morgan fingerprint density at radius 1 is 1.00 bits per heavy atom. The fourth-order valence-electron chi connectivity index (χ4n) is 2.72. The molecule has 3 nitrogen and oxygen atoms in total. The van der Waals surface area contributed by atoms with Gasteiger partial charge in [0.1, 0.15) is 23.1 Å². The highest BCUT2D eigenvalue weighted by Gasteiger charge is 2.13. The summed E-state index contributed by atoms with van der Waals surface area (Å²) in [5, 5.41) is 4.40. The predicted octanol–water partition coefficient (Wildman–Crippen LogP) is 5.92. The Bertz CT molecular complexity index is 1000. The molecule has 126 valence electrons. The number of aromatic nitrogens is 1. The first-order valence-corrected chi connectivity index (χ1v) is 9.64. The topological polar surface area (TPSA) is 31.4 Å². The molecule has 0 saturated carbocycles. The molecule has 0 aliphatic rings. The van der Waals surface area contributed by atoms with Crippen LogP contribution < -0.4 is 9.47 Å². The molecule has 0 spiro atoms. The lowest BCUT2D eigenvalue weighted by atomic mass is 10.1. The number of nitrogens with zero attached hydrogens (tertiary/aromatic N) is 1. The van der Waals surface area contributed by atoms with Crippen LogP contribution >= 0.6 is 22.7 Å². The molecule has 4 rings (SSSR count). The lowest BCUT2D eigenvalue weighted by Crippen LogP contribution is -1.94. The first-order valence-electron chi connectivity index (χ1n) is 7.94. The summed E-state index contributed by atoms with van der Waals surface area (Å²) < 4.78 is 12.3. The van der Waals surface area contributed by atoms with Crippen LogP contribution in [0.25, 0.3) is 20.7 Å². The maximum absolute atomic E-state index is 5.83. The van der Waals surface area contributed by atoms with Gasteiger partial charge in [-0.1, -0.05) is 18.2 Å². The summed E-state index contributed by atoms with van der Waals surface area (Å²) in [4.78, 5) is 6.01. The molecule has 0 fully saturated rings. The number of ether oxygens (including phenoxy) is 2. The molecule has 0 unspecified atom stereocenters. The molecule has 0 aliphatic heterocycles. The van der Waals surface area contributed by atoms with Crippen molar-refractivity contribution in [3.63, 3.8) is 0 Å². The van der Waals surface area contributed by atoms with Gasteiger partial charge in [0.15, 0.2) is 0 Å². The minimum absolute atomic E-state index is 0.473. The number of fused-ring (bicyclic) bond motifs is 1. The van der Waals surface area contributed by atoms with E-state index >= 15 is 0 Å². The Labute approximate surface area is 154 Å². The number of hydrogen-bond acceptors (Lipinski definition) is 5. The maximum atomic E-state index is 5.83. The molecule has 25 heavy (non-hydrogen) atoms. The van der Waals surface area contributed by atoms with Crippen LogP contribution in [-0.4, -0.2) is 12.1 Å². The third-order valence-corrected chi connectivity index (χ3v) is 6.17. The molecule has 0 N–H and O–H groups in total. The van der Waals surface area contributed by atoms with Gasteiger partial charge in [-0.25, -0.2) is 4.98 Å². The number of methoxy groups -OCH3 is 1. The van der Waals surface area contributed by atoms with Gasteiger partial charge in [0, 0.05) is 10.1 Å². The summed E-state index contributed by atoms with van der Waals surface area (Å²) in [6.45, 7) is 2.64. The number of aryl methyl sites for hydroxylation is 1. The second kappa shape index (κ2) is 6.86. The smallest absolute Gasteiger partial charge is 0.140 e. The fourth-order valence-corrected chi connectivity index (χ4v) is 4.66. The Hall–Kier alpha value is -2.37. The van der Waals surface area contributed by atoms with Crippen molar-refractivity contribution < 1.29 is 9.47 Å². The van der Waals surface area contributed by atoms with Gasteiger partial charge in [-0.15, -0.1) is 22.7 Å². The predicted molar refractivity (Wildman–Crippen MR) is 105 cm³/mol. The van der Waals surface area contributed by atoms with Crippen molar-refractivity contribution in [2.75, 3.05) is 7.11 Å². The Balaban J connectivity index is 1.52. The van der Waals surface area contributed by atoms with Gasteiger partial charge in [-0.3, -0.25) is 0 Å². The summed E-state index contributed by atoms with van der Waals surface area (Å²) in [5.74, 6) is 1.64.